The van der Waals surface area contributed by atoms with Crippen LogP contribution in [0, 0.1) is 0 Å². The lowest BCUT2D eigenvalue weighted by atomic mass is 9.93. The van der Waals surface area contributed by atoms with E-state index < -0.39 is 5.97 Å². The summed E-state index contributed by atoms with van der Waals surface area (Å²) in [7, 11) is 0. The normalized spacial score (nSPS) is 15.4. The van der Waals surface area contributed by atoms with Crippen molar-refractivity contribution in [2.24, 2.45) is 0 Å². The largest absolute Gasteiger partial charge is 0.476 e. The zero-order valence-electron chi connectivity index (χ0n) is 12.3. The number of aromatic nitrogens is 4. The Hall–Kier alpha value is -1.76. The van der Waals surface area contributed by atoms with Gasteiger partial charge in [-0.2, -0.15) is 0 Å². The van der Waals surface area contributed by atoms with Crippen LogP contribution < -0.4 is 0 Å². The first-order chi connectivity index (χ1) is 9.86. The Labute approximate surface area is 126 Å². The van der Waals surface area contributed by atoms with Crippen molar-refractivity contribution < 1.29 is 9.90 Å². The number of carboxylic acids is 1. The number of nitrogens with zero attached hydrogens (tertiary/aromatic N) is 4. The highest BCUT2D eigenvalue weighted by Gasteiger charge is 2.34. The molecule has 0 spiro atoms. The standard InChI is InChI=1S/C14H18N4O2S/c1-14(2,3)9-7-21-10(15-9)6-18-12(8-4-5-8)11(13(19)20)16-17-18/h7-8H,4-6H2,1-3H3,(H,19,20). The number of aromatic carboxylic acids is 1. The Bertz CT molecular complexity index is 679. The van der Waals surface area contributed by atoms with Crippen molar-refractivity contribution in [1.29, 1.82) is 0 Å². The van der Waals surface area contributed by atoms with Crippen LogP contribution in [0.1, 0.15) is 66.4 Å². The molecule has 2 aromatic heterocycles. The van der Waals surface area contributed by atoms with Crippen LogP contribution in [0.25, 0.3) is 0 Å². The van der Waals surface area contributed by atoms with Crippen LogP contribution in [-0.4, -0.2) is 31.1 Å². The highest BCUT2D eigenvalue weighted by Crippen LogP contribution is 2.41. The van der Waals surface area contributed by atoms with Crippen molar-refractivity contribution in [1.82, 2.24) is 20.0 Å². The Kier molecular flexibility index (Phi) is 3.32. The van der Waals surface area contributed by atoms with Crippen LogP contribution in [0.2, 0.25) is 0 Å². The molecule has 0 amide bonds. The second kappa shape index (κ2) is 4.91. The van der Waals surface area contributed by atoms with Gasteiger partial charge in [0.15, 0.2) is 5.69 Å². The summed E-state index contributed by atoms with van der Waals surface area (Å²) in [5, 5.41) is 20.0. The average Bonchev–Trinajstić information content (AvgIpc) is 2.95. The Morgan fingerprint density at radius 3 is 2.71 bits per heavy atom. The topological polar surface area (TPSA) is 80.9 Å². The zero-order valence-corrected chi connectivity index (χ0v) is 13.1. The lowest BCUT2D eigenvalue weighted by Gasteiger charge is -2.14. The van der Waals surface area contributed by atoms with E-state index >= 15 is 0 Å². The van der Waals surface area contributed by atoms with Gasteiger partial charge in [0.05, 0.1) is 17.9 Å². The van der Waals surface area contributed by atoms with E-state index in [9.17, 15) is 9.90 Å². The van der Waals surface area contributed by atoms with Gasteiger partial charge in [-0.15, -0.1) is 16.4 Å². The summed E-state index contributed by atoms with van der Waals surface area (Å²) in [6.45, 7) is 6.87. The van der Waals surface area contributed by atoms with E-state index in [-0.39, 0.29) is 17.0 Å². The molecule has 21 heavy (non-hydrogen) atoms. The van der Waals surface area contributed by atoms with E-state index in [0.29, 0.717) is 6.54 Å². The van der Waals surface area contributed by atoms with Crippen LogP contribution in [-0.2, 0) is 12.0 Å². The highest BCUT2D eigenvalue weighted by atomic mass is 32.1. The first kappa shape index (κ1) is 14.2. The van der Waals surface area contributed by atoms with Gasteiger partial charge in [0.2, 0.25) is 0 Å². The van der Waals surface area contributed by atoms with Gasteiger partial charge in [-0.25, -0.2) is 14.5 Å². The highest BCUT2D eigenvalue weighted by molar-refractivity contribution is 7.09. The molecule has 6 nitrogen and oxygen atoms in total. The molecule has 1 aliphatic rings. The SMILES string of the molecule is CC(C)(C)c1csc(Cn2nnc(C(=O)O)c2C2CC2)n1. The molecule has 0 unspecified atom stereocenters. The second-order valence-corrected chi connectivity index (χ2v) is 7.38. The Morgan fingerprint density at radius 2 is 2.19 bits per heavy atom. The molecular weight excluding hydrogens is 288 g/mol. The predicted molar refractivity (Wildman–Crippen MR) is 78.9 cm³/mol. The molecule has 3 rings (SSSR count). The van der Waals surface area contributed by atoms with E-state index in [1.165, 1.54) is 0 Å². The predicted octanol–water partition coefficient (Wildman–Crippen LogP) is 2.66. The quantitative estimate of drug-likeness (QED) is 0.939. The summed E-state index contributed by atoms with van der Waals surface area (Å²) in [4.78, 5) is 15.9. The van der Waals surface area contributed by atoms with E-state index in [2.05, 4.69) is 41.4 Å². The summed E-state index contributed by atoms with van der Waals surface area (Å²) in [5.41, 5.74) is 1.90. The molecule has 1 fully saturated rings. The molecule has 0 aliphatic heterocycles. The summed E-state index contributed by atoms with van der Waals surface area (Å²) >= 11 is 1.58. The minimum atomic E-state index is -1.00. The van der Waals surface area contributed by atoms with Crippen molar-refractivity contribution >= 4 is 17.3 Å². The molecule has 0 aromatic carbocycles. The molecule has 0 radical (unpaired) electrons. The number of thiazole rings is 1. The molecule has 0 bridgehead atoms. The van der Waals surface area contributed by atoms with Gasteiger partial charge in [0.25, 0.3) is 0 Å². The molecule has 1 saturated carbocycles. The summed E-state index contributed by atoms with van der Waals surface area (Å²) in [6, 6.07) is 0. The minimum absolute atomic E-state index is 0.0165. The minimum Gasteiger partial charge on any atom is -0.476 e. The van der Waals surface area contributed by atoms with Crippen LogP contribution in [0.3, 0.4) is 0 Å². The monoisotopic (exact) mass is 306 g/mol. The third-order valence-electron chi connectivity index (χ3n) is 3.55. The average molecular weight is 306 g/mol. The maximum Gasteiger partial charge on any atom is 0.358 e. The van der Waals surface area contributed by atoms with Crippen molar-refractivity contribution in [2.45, 2.75) is 51.5 Å². The summed E-state index contributed by atoms with van der Waals surface area (Å²) in [5.74, 6) is -0.717. The van der Waals surface area contributed by atoms with Gasteiger partial charge in [0, 0.05) is 16.7 Å². The van der Waals surface area contributed by atoms with Gasteiger partial charge in [0.1, 0.15) is 5.01 Å². The van der Waals surface area contributed by atoms with Gasteiger partial charge >= 0.3 is 5.97 Å². The Balaban J connectivity index is 1.88. The maximum atomic E-state index is 11.2. The lowest BCUT2D eigenvalue weighted by Crippen LogP contribution is -2.12. The van der Waals surface area contributed by atoms with Crippen molar-refractivity contribution in [3.05, 3.63) is 27.5 Å². The summed E-state index contributed by atoms with van der Waals surface area (Å²) in [6.07, 6.45) is 2.03. The van der Waals surface area contributed by atoms with Crippen LogP contribution in [0.15, 0.2) is 5.38 Å². The zero-order chi connectivity index (χ0) is 15.2. The molecule has 1 N–H and O–H groups in total. The fourth-order valence-electron chi connectivity index (χ4n) is 2.21. The second-order valence-electron chi connectivity index (χ2n) is 6.44. The van der Waals surface area contributed by atoms with Crippen molar-refractivity contribution in [2.75, 3.05) is 0 Å². The van der Waals surface area contributed by atoms with E-state index in [4.69, 9.17) is 0 Å². The lowest BCUT2D eigenvalue weighted by molar-refractivity contribution is 0.0689. The first-order valence-corrected chi connectivity index (χ1v) is 7.86. The third kappa shape index (κ3) is 2.83. The van der Waals surface area contributed by atoms with Crippen LogP contribution in [0.4, 0.5) is 0 Å². The smallest absolute Gasteiger partial charge is 0.358 e. The summed E-state index contributed by atoms with van der Waals surface area (Å²) < 4.78 is 1.70. The maximum absolute atomic E-state index is 11.2. The molecular formula is C14H18N4O2S. The molecule has 7 heteroatoms. The van der Waals surface area contributed by atoms with E-state index in [0.717, 1.165) is 29.2 Å². The van der Waals surface area contributed by atoms with Crippen molar-refractivity contribution in [3.8, 4) is 0 Å². The number of rotatable bonds is 4. The first-order valence-electron chi connectivity index (χ1n) is 6.98. The number of carbonyl (C=O) groups is 1. The third-order valence-corrected chi connectivity index (χ3v) is 4.38. The molecule has 0 saturated heterocycles. The van der Waals surface area contributed by atoms with Crippen LogP contribution in [0.5, 0.6) is 0 Å². The van der Waals surface area contributed by atoms with Gasteiger partial charge in [-0.1, -0.05) is 26.0 Å². The molecule has 0 atom stereocenters. The molecule has 2 aromatic rings. The van der Waals surface area contributed by atoms with Crippen LogP contribution >= 0.6 is 11.3 Å². The number of carboxylic acid groups (broad SMARTS) is 1. The van der Waals surface area contributed by atoms with E-state index in [1.807, 2.05) is 0 Å². The van der Waals surface area contributed by atoms with Gasteiger partial charge in [-0.05, 0) is 12.8 Å². The van der Waals surface area contributed by atoms with Gasteiger partial charge in [-0.3, -0.25) is 0 Å². The van der Waals surface area contributed by atoms with Crippen molar-refractivity contribution in [3.63, 3.8) is 0 Å². The number of hydrogen-bond donors (Lipinski definition) is 1. The fourth-order valence-corrected chi connectivity index (χ4v) is 3.21. The van der Waals surface area contributed by atoms with E-state index in [1.54, 1.807) is 16.0 Å². The molecule has 112 valence electrons. The van der Waals surface area contributed by atoms with Gasteiger partial charge < -0.3 is 5.11 Å². The fraction of sp³-hybridized carbons (Fsp3) is 0.571. The Morgan fingerprint density at radius 1 is 1.48 bits per heavy atom. The molecule has 1 aliphatic carbocycles. The molecule has 2 heterocycles. The number of hydrogen-bond acceptors (Lipinski definition) is 5.